The number of nitrogens with one attached hydrogen (secondary N) is 2. The molecule has 1 unspecified atom stereocenters. The van der Waals surface area contributed by atoms with Gasteiger partial charge in [-0.1, -0.05) is 0 Å². The summed E-state index contributed by atoms with van der Waals surface area (Å²) in [5, 5.41) is 8.51. The molecular weight excluding hydrogens is 268 g/mol. The Balaban J connectivity index is 4.24. The number of carbonyl (C=O) groups is 2. The highest BCUT2D eigenvalue weighted by Gasteiger charge is 2.18. The second kappa shape index (κ2) is 7.84. The summed E-state index contributed by atoms with van der Waals surface area (Å²) in [5.74, 6) is -1.13. The maximum absolute atomic E-state index is 11.3. The molecule has 18 heavy (non-hydrogen) atoms. The lowest BCUT2D eigenvalue weighted by atomic mass is 10.2. The van der Waals surface area contributed by atoms with E-state index >= 15 is 0 Å². The Morgan fingerprint density at radius 3 is 2.44 bits per heavy atom. The molecule has 0 fully saturated rings. The Bertz CT molecular complexity index is 381. The van der Waals surface area contributed by atoms with E-state index in [2.05, 4.69) is 4.74 Å². The van der Waals surface area contributed by atoms with E-state index < -0.39 is 28.4 Å². The second-order valence-corrected chi connectivity index (χ2v) is 4.63. The molecule has 1 atom stereocenters. The average molecular weight is 284 g/mol. The number of hydrogen-bond donors (Lipinski definition) is 3. The third-order valence-electron chi connectivity index (χ3n) is 1.73. The van der Waals surface area contributed by atoms with Crippen molar-refractivity contribution < 1.29 is 32.6 Å². The molecule has 0 heterocycles. The van der Waals surface area contributed by atoms with E-state index in [1.54, 1.807) is 4.72 Å². The molecule has 0 aliphatic carbocycles. The fourth-order valence-electron chi connectivity index (χ4n) is 0.943. The molecule has 0 rings (SSSR count). The fourth-order valence-corrected chi connectivity index (χ4v) is 1.70. The number of ether oxygens (including phenoxy) is 2. The summed E-state index contributed by atoms with van der Waals surface area (Å²) in [6.07, 6.45) is -2.31. The van der Waals surface area contributed by atoms with Crippen molar-refractivity contribution in [3.63, 3.8) is 0 Å². The molecule has 10 heteroatoms. The van der Waals surface area contributed by atoms with Gasteiger partial charge in [-0.15, -0.1) is 0 Å². The number of methoxy groups -OCH3 is 1. The predicted octanol–water partition coefficient (Wildman–Crippen LogP) is -0.943. The third kappa shape index (κ3) is 7.81. The van der Waals surface area contributed by atoms with Crippen LogP contribution in [0.2, 0.25) is 0 Å². The Kier molecular flexibility index (Phi) is 7.24. The van der Waals surface area contributed by atoms with Gasteiger partial charge in [0.25, 0.3) is 0 Å². The van der Waals surface area contributed by atoms with Crippen LogP contribution in [0.3, 0.4) is 0 Å². The van der Waals surface area contributed by atoms with Crippen molar-refractivity contribution in [1.29, 1.82) is 0 Å². The maximum atomic E-state index is 11.3. The van der Waals surface area contributed by atoms with E-state index in [0.29, 0.717) is 0 Å². The number of carboxylic acids is 1. The van der Waals surface area contributed by atoms with E-state index in [9.17, 15) is 18.0 Å². The lowest BCUT2D eigenvalue weighted by Crippen LogP contribution is -2.44. The molecule has 0 aromatic rings. The van der Waals surface area contributed by atoms with Crippen LogP contribution in [-0.2, 0) is 24.5 Å². The zero-order valence-electron chi connectivity index (χ0n) is 10.0. The normalized spacial score (nSPS) is 12.8. The number of carboxylic acid groups (broad SMARTS) is 1. The second-order valence-electron chi connectivity index (χ2n) is 3.13. The third-order valence-corrected chi connectivity index (χ3v) is 2.71. The Labute approximate surface area is 105 Å². The van der Waals surface area contributed by atoms with Gasteiger partial charge in [-0.2, -0.15) is 13.1 Å². The first kappa shape index (κ1) is 16.6. The number of aliphatic carboxylic acids is 1. The number of amides is 1. The van der Waals surface area contributed by atoms with Gasteiger partial charge in [0.05, 0.1) is 19.1 Å². The average Bonchev–Trinajstić information content (AvgIpc) is 2.23. The molecule has 106 valence electrons. The van der Waals surface area contributed by atoms with Gasteiger partial charge in [0.1, 0.15) is 0 Å². The Morgan fingerprint density at radius 1 is 1.39 bits per heavy atom. The van der Waals surface area contributed by atoms with Crippen molar-refractivity contribution in [3.05, 3.63) is 0 Å². The molecule has 0 aliphatic rings. The van der Waals surface area contributed by atoms with Crippen LogP contribution in [0.4, 0.5) is 4.79 Å². The molecule has 0 radical (unpaired) electrons. The van der Waals surface area contributed by atoms with Crippen molar-refractivity contribution >= 4 is 22.3 Å². The quantitative estimate of drug-likeness (QED) is 0.524. The first-order valence-corrected chi connectivity index (χ1v) is 6.47. The Hall–Kier alpha value is -1.39. The summed E-state index contributed by atoms with van der Waals surface area (Å²) >= 11 is 0. The largest absolute Gasteiger partial charge is 0.481 e. The summed E-state index contributed by atoms with van der Waals surface area (Å²) in [4.78, 5) is 21.3. The standard InChI is InChI=1S/C8H16N2O7S/c1-3-17-8(13)10-18(14,15)9-5-6(16-2)4-7(11)12/h6,9H,3-5H2,1-2H3,(H,10,13)(H,11,12). The zero-order valence-corrected chi connectivity index (χ0v) is 10.8. The first-order chi connectivity index (χ1) is 8.30. The fraction of sp³-hybridized carbons (Fsp3) is 0.750. The maximum Gasteiger partial charge on any atom is 0.421 e. The van der Waals surface area contributed by atoms with Crippen molar-refractivity contribution in [1.82, 2.24) is 9.44 Å². The van der Waals surface area contributed by atoms with Gasteiger partial charge in [-0.3, -0.25) is 4.79 Å². The monoisotopic (exact) mass is 284 g/mol. The SMILES string of the molecule is CCOC(=O)NS(=O)(=O)NCC(CC(=O)O)OC. The van der Waals surface area contributed by atoms with Crippen LogP contribution < -0.4 is 9.44 Å². The van der Waals surface area contributed by atoms with E-state index in [0.717, 1.165) is 0 Å². The molecule has 0 aromatic heterocycles. The topological polar surface area (TPSA) is 131 Å². The van der Waals surface area contributed by atoms with Gasteiger partial charge < -0.3 is 14.6 Å². The van der Waals surface area contributed by atoms with Crippen LogP contribution >= 0.6 is 0 Å². The molecule has 9 nitrogen and oxygen atoms in total. The van der Waals surface area contributed by atoms with Crippen LogP contribution in [0.15, 0.2) is 0 Å². The zero-order chi connectivity index (χ0) is 14.2. The van der Waals surface area contributed by atoms with Crippen LogP contribution in [-0.4, -0.2) is 52.0 Å². The summed E-state index contributed by atoms with van der Waals surface area (Å²) in [6.45, 7) is 1.27. The molecule has 1 amide bonds. The van der Waals surface area contributed by atoms with Crippen LogP contribution in [0.5, 0.6) is 0 Å². The van der Waals surface area contributed by atoms with Crippen LogP contribution in [0, 0.1) is 0 Å². The van der Waals surface area contributed by atoms with Gasteiger partial charge in [-0.25, -0.2) is 9.52 Å². The van der Waals surface area contributed by atoms with Crippen molar-refractivity contribution in [2.24, 2.45) is 0 Å². The van der Waals surface area contributed by atoms with Gasteiger partial charge >= 0.3 is 22.3 Å². The summed E-state index contributed by atoms with van der Waals surface area (Å²) in [7, 11) is -2.84. The minimum atomic E-state index is -4.09. The molecule has 0 saturated carbocycles. The van der Waals surface area contributed by atoms with Gasteiger partial charge in [0, 0.05) is 13.7 Å². The highest BCUT2D eigenvalue weighted by atomic mass is 32.2. The number of hydrogen-bond acceptors (Lipinski definition) is 6. The highest BCUT2D eigenvalue weighted by Crippen LogP contribution is 1.96. The van der Waals surface area contributed by atoms with E-state index in [1.807, 2.05) is 4.72 Å². The summed E-state index contributed by atoms with van der Waals surface area (Å²) in [6, 6.07) is 0. The van der Waals surface area contributed by atoms with Crippen molar-refractivity contribution in [2.45, 2.75) is 19.4 Å². The van der Waals surface area contributed by atoms with Crippen molar-refractivity contribution in [3.8, 4) is 0 Å². The molecule has 0 aromatic carbocycles. The first-order valence-electron chi connectivity index (χ1n) is 4.99. The minimum absolute atomic E-state index is 0.0288. The molecular formula is C8H16N2O7S. The van der Waals surface area contributed by atoms with Crippen LogP contribution in [0.25, 0.3) is 0 Å². The highest BCUT2D eigenvalue weighted by molar-refractivity contribution is 7.88. The summed E-state index contributed by atoms with van der Waals surface area (Å²) in [5.41, 5.74) is 0. The predicted molar refractivity (Wildman–Crippen MR) is 60.1 cm³/mol. The van der Waals surface area contributed by atoms with E-state index in [1.165, 1.54) is 14.0 Å². The Morgan fingerprint density at radius 2 is 2.00 bits per heavy atom. The number of rotatable bonds is 8. The lowest BCUT2D eigenvalue weighted by molar-refractivity contribution is -0.139. The van der Waals surface area contributed by atoms with Gasteiger partial charge in [-0.05, 0) is 6.92 Å². The molecule has 0 spiro atoms. The van der Waals surface area contributed by atoms with E-state index in [-0.39, 0.29) is 19.6 Å². The summed E-state index contributed by atoms with van der Waals surface area (Å²) < 4.78 is 35.3. The van der Waals surface area contributed by atoms with Gasteiger partial charge in [0.15, 0.2) is 0 Å². The van der Waals surface area contributed by atoms with Crippen LogP contribution in [0.1, 0.15) is 13.3 Å². The molecule has 0 bridgehead atoms. The molecule has 3 N–H and O–H groups in total. The van der Waals surface area contributed by atoms with Crippen molar-refractivity contribution in [2.75, 3.05) is 20.3 Å². The smallest absolute Gasteiger partial charge is 0.421 e. The lowest BCUT2D eigenvalue weighted by Gasteiger charge is -2.14. The molecule has 0 saturated heterocycles. The minimum Gasteiger partial charge on any atom is -0.481 e. The van der Waals surface area contributed by atoms with E-state index in [4.69, 9.17) is 9.84 Å². The van der Waals surface area contributed by atoms with Gasteiger partial charge in [0.2, 0.25) is 0 Å². The number of carbonyl (C=O) groups excluding carboxylic acids is 1. The molecule has 0 aliphatic heterocycles.